The molecule has 174 valence electrons. The molecule has 0 fully saturated rings. The second-order valence-electron chi connectivity index (χ2n) is 8.48. The third kappa shape index (κ3) is 5.63. The molecular formula is C27H32N2O3S. The van der Waals surface area contributed by atoms with Crippen LogP contribution in [0, 0.1) is 27.7 Å². The smallest absolute Gasteiger partial charge is 0.264 e. The molecule has 0 saturated carbocycles. The minimum Gasteiger partial charge on any atom is -0.348 e. The van der Waals surface area contributed by atoms with E-state index in [-0.39, 0.29) is 23.4 Å². The van der Waals surface area contributed by atoms with Gasteiger partial charge >= 0.3 is 0 Å². The number of nitrogens with zero attached hydrogens (tertiary/aromatic N) is 1. The topological polar surface area (TPSA) is 66.5 Å². The number of benzene rings is 3. The zero-order valence-corrected chi connectivity index (χ0v) is 20.7. The van der Waals surface area contributed by atoms with Crippen LogP contribution in [0.4, 0.5) is 5.69 Å². The van der Waals surface area contributed by atoms with E-state index in [0.29, 0.717) is 12.1 Å². The zero-order valence-electron chi connectivity index (χ0n) is 19.9. The second kappa shape index (κ2) is 10.2. The average molecular weight is 465 g/mol. The number of carbonyl (C=O) groups excluding carboxylic acids is 1. The fraction of sp³-hybridized carbons (Fsp3) is 0.296. The Labute approximate surface area is 197 Å². The van der Waals surface area contributed by atoms with Crippen molar-refractivity contribution in [1.29, 1.82) is 0 Å². The summed E-state index contributed by atoms with van der Waals surface area (Å²) < 4.78 is 28.5. The molecule has 0 unspecified atom stereocenters. The number of hydrogen-bond acceptors (Lipinski definition) is 3. The van der Waals surface area contributed by atoms with Gasteiger partial charge in [0, 0.05) is 0 Å². The standard InChI is InChI=1S/C27H32N2O3S/c1-6-25(23-14-10-19(2)11-15-23)28-27(30)18-29(26-9-7-8-21(4)22(26)5)33(31,32)24-16-12-20(3)13-17-24/h7-17,25H,6,18H2,1-5H3,(H,28,30)/t25-/m0/s1. The molecule has 0 spiro atoms. The van der Waals surface area contributed by atoms with Crippen molar-refractivity contribution in [3.63, 3.8) is 0 Å². The largest absolute Gasteiger partial charge is 0.348 e. The first-order chi connectivity index (χ1) is 15.6. The van der Waals surface area contributed by atoms with Gasteiger partial charge in [0.2, 0.25) is 5.91 Å². The lowest BCUT2D eigenvalue weighted by atomic mass is 10.0. The van der Waals surface area contributed by atoms with Gasteiger partial charge in [-0.1, -0.05) is 66.6 Å². The number of anilines is 1. The normalized spacial score (nSPS) is 12.3. The van der Waals surface area contributed by atoms with Crippen molar-refractivity contribution >= 4 is 21.6 Å². The molecule has 0 saturated heterocycles. The van der Waals surface area contributed by atoms with Crippen molar-refractivity contribution in [2.24, 2.45) is 0 Å². The predicted octanol–water partition coefficient (Wildman–Crippen LogP) is 5.38. The zero-order chi connectivity index (χ0) is 24.2. The van der Waals surface area contributed by atoms with Crippen molar-refractivity contribution in [2.75, 3.05) is 10.8 Å². The Morgan fingerprint density at radius 2 is 1.45 bits per heavy atom. The van der Waals surface area contributed by atoms with Gasteiger partial charge in [-0.15, -0.1) is 0 Å². The van der Waals surface area contributed by atoms with Crippen LogP contribution >= 0.6 is 0 Å². The van der Waals surface area contributed by atoms with Crippen molar-refractivity contribution in [2.45, 2.75) is 52.0 Å². The van der Waals surface area contributed by atoms with E-state index >= 15 is 0 Å². The third-order valence-corrected chi connectivity index (χ3v) is 7.74. The third-order valence-electron chi connectivity index (χ3n) is 5.96. The lowest BCUT2D eigenvalue weighted by Gasteiger charge is -2.27. The van der Waals surface area contributed by atoms with E-state index in [4.69, 9.17) is 0 Å². The Kier molecular flexibility index (Phi) is 7.59. The van der Waals surface area contributed by atoms with E-state index in [1.807, 2.05) is 71.0 Å². The molecule has 3 aromatic carbocycles. The summed E-state index contributed by atoms with van der Waals surface area (Å²) in [6, 6.07) is 20.0. The Balaban J connectivity index is 1.95. The number of sulfonamides is 1. The van der Waals surface area contributed by atoms with Crippen LogP contribution in [0.5, 0.6) is 0 Å². The molecule has 3 rings (SSSR count). The molecule has 3 aromatic rings. The molecule has 0 radical (unpaired) electrons. The van der Waals surface area contributed by atoms with Crippen LogP contribution < -0.4 is 9.62 Å². The monoisotopic (exact) mass is 464 g/mol. The summed E-state index contributed by atoms with van der Waals surface area (Å²) in [6.07, 6.45) is 0.697. The highest BCUT2D eigenvalue weighted by molar-refractivity contribution is 7.92. The van der Waals surface area contributed by atoms with E-state index in [0.717, 1.165) is 27.8 Å². The lowest BCUT2D eigenvalue weighted by Crippen LogP contribution is -2.42. The summed E-state index contributed by atoms with van der Waals surface area (Å²) in [6.45, 7) is 9.42. The van der Waals surface area contributed by atoms with Crippen LogP contribution in [0.3, 0.4) is 0 Å². The molecular weight excluding hydrogens is 432 g/mol. The summed E-state index contributed by atoms with van der Waals surface area (Å²) in [5, 5.41) is 3.02. The molecule has 1 amide bonds. The van der Waals surface area contributed by atoms with Crippen molar-refractivity contribution < 1.29 is 13.2 Å². The predicted molar refractivity (Wildman–Crippen MR) is 134 cm³/mol. The molecule has 0 bridgehead atoms. The number of rotatable bonds is 8. The van der Waals surface area contributed by atoms with E-state index in [1.54, 1.807) is 30.3 Å². The van der Waals surface area contributed by atoms with Crippen molar-refractivity contribution in [1.82, 2.24) is 5.32 Å². The molecule has 0 heterocycles. The SMILES string of the molecule is CC[C@H](NC(=O)CN(c1cccc(C)c1C)S(=O)(=O)c1ccc(C)cc1)c1ccc(C)cc1. The summed E-state index contributed by atoms with van der Waals surface area (Å²) in [5.41, 5.74) is 5.40. The minimum atomic E-state index is -3.95. The van der Waals surface area contributed by atoms with Crippen LogP contribution in [0.25, 0.3) is 0 Å². The Bertz CT molecular complexity index is 1220. The highest BCUT2D eigenvalue weighted by Crippen LogP contribution is 2.29. The van der Waals surface area contributed by atoms with Crippen LogP contribution in [-0.2, 0) is 14.8 Å². The summed E-state index contributed by atoms with van der Waals surface area (Å²) >= 11 is 0. The molecule has 0 aliphatic heterocycles. The first-order valence-corrected chi connectivity index (χ1v) is 12.6. The van der Waals surface area contributed by atoms with Crippen LogP contribution in [0.2, 0.25) is 0 Å². The van der Waals surface area contributed by atoms with Crippen LogP contribution in [0.1, 0.15) is 47.2 Å². The highest BCUT2D eigenvalue weighted by Gasteiger charge is 2.29. The summed E-state index contributed by atoms with van der Waals surface area (Å²) in [7, 11) is -3.95. The Hall–Kier alpha value is -3.12. The first kappa shape index (κ1) is 24.5. The van der Waals surface area contributed by atoms with Gasteiger partial charge in [-0.05, 0) is 69.0 Å². The minimum absolute atomic E-state index is 0.160. The number of amides is 1. The van der Waals surface area contributed by atoms with Gasteiger partial charge in [-0.25, -0.2) is 8.42 Å². The van der Waals surface area contributed by atoms with E-state index in [2.05, 4.69) is 5.32 Å². The van der Waals surface area contributed by atoms with E-state index in [9.17, 15) is 13.2 Å². The van der Waals surface area contributed by atoms with Gasteiger partial charge in [0.15, 0.2) is 0 Å². The highest BCUT2D eigenvalue weighted by atomic mass is 32.2. The number of carbonyl (C=O) groups is 1. The quantitative estimate of drug-likeness (QED) is 0.486. The van der Waals surface area contributed by atoms with Gasteiger partial charge in [0.05, 0.1) is 16.6 Å². The maximum atomic E-state index is 13.7. The molecule has 0 aliphatic rings. The van der Waals surface area contributed by atoms with Gasteiger partial charge in [0.1, 0.15) is 6.54 Å². The van der Waals surface area contributed by atoms with Crippen molar-refractivity contribution in [3.8, 4) is 0 Å². The maximum Gasteiger partial charge on any atom is 0.264 e. The number of nitrogens with one attached hydrogen (secondary N) is 1. The average Bonchev–Trinajstić information content (AvgIpc) is 2.79. The number of hydrogen-bond donors (Lipinski definition) is 1. The van der Waals surface area contributed by atoms with Gasteiger partial charge in [0.25, 0.3) is 10.0 Å². The molecule has 5 nitrogen and oxygen atoms in total. The van der Waals surface area contributed by atoms with Crippen LogP contribution in [-0.4, -0.2) is 20.9 Å². The number of aryl methyl sites for hydroxylation is 3. The van der Waals surface area contributed by atoms with Gasteiger partial charge in [-0.2, -0.15) is 0 Å². The Morgan fingerprint density at radius 1 is 0.879 bits per heavy atom. The fourth-order valence-electron chi connectivity index (χ4n) is 3.73. The molecule has 1 atom stereocenters. The van der Waals surface area contributed by atoms with Gasteiger partial charge < -0.3 is 5.32 Å². The lowest BCUT2D eigenvalue weighted by molar-refractivity contribution is -0.120. The summed E-state index contributed by atoms with van der Waals surface area (Å²) in [5.74, 6) is -0.348. The van der Waals surface area contributed by atoms with E-state index < -0.39 is 10.0 Å². The molecule has 0 aromatic heterocycles. The van der Waals surface area contributed by atoms with Crippen LogP contribution in [0.15, 0.2) is 71.6 Å². The molecule has 0 aliphatic carbocycles. The maximum absolute atomic E-state index is 13.7. The molecule has 1 N–H and O–H groups in total. The molecule has 6 heteroatoms. The van der Waals surface area contributed by atoms with Crippen molar-refractivity contribution in [3.05, 3.63) is 94.5 Å². The Morgan fingerprint density at radius 3 is 2.03 bits per heavy atom. The van der Waals surface area contributed by atoms with E-state index in [1.165, 1.54) is 4.31 Å². The molecule has 33 heavy (non-hydrogen) atoms. The fourth-order valence-corrected chi connectivity index (χ4v) is 5.21. The first-order valence-electron chi connectivity index (χ1n) is 11.1. The van der Waals surface area contributed by atoms with Gasteiger partial charge in [-0.3, -0.25) is 9.10 Å². The summed E-state index contributed by atoms with van der Waals surface area (Å²) in [4.78, 5) is 13.3. The second-order valence-corrected chi connectivity index (χ2v) is 10.3.